The van der Waals surface area contributed by atoms with E-state index in [9.17, 15) is 14.7 Å². The zero-order valence-electron chi connectivity index (χ0n) is 16.3. The van der Waals surface area contributed by atoms with Gasteiger partial charge in [-0.1, -0.05) is 24.3 Å². The quantitative estimate of drug-likeness (QED) is 0.180. The summed E-state index contributed by atoms with van der Waals surface area (Å²) in [4.78, 5) is 26.0. The van der Waals surface area contributed by atoms with Crippen LogP contribution in [0.15, 0.2) is 70.8 Å². The van der Waals surface area contributed by atoms with Crippen molar-refractivity contribution in [1.82, 2.24) is 10.7 Å². The highest BCUT2D eigenvalue weighted by molar-refractivity contribution is 14.1. The molecular formula is C22H18IN3O4S. The molecule has 1 heterocycles. The Balaban J connectivity index is 1.77. The van der Waals surface area contributed by atoms with Crippen LogP contribution < -0.4 is 15.5 Å². The lowest BCUT2D eigenvalue weighted by molar-refractivity contribution is -0.117. The fraction of sp³-hybridized carbons (Fsp3) is 0.0455. The lowest BCUT2D eigenvalue weighted by Crippen LogP contribution is -2.32. The predicted molar refractivity (Wildman–Crippen MR) is 129 cm³/mol. The van der Waals surface area contributed by atoms with E-state index in [1.165, 1.54) is 24.7 Å². The van der Waals surface area contributed by atoms with Crippen molar-refractivity contribution in [2.45, 2.75) is 0 Å². The van der Waals surface area contributed by atoms with Gasteiger partial charge in [0, 0.05) is 10.4 Å². The zero-order chi connectivity index (χ0) is 22.2. The lowest BCUT2D eigenvalue weighted by atomic mass is 10.2. The van der Waals surface area contributed by atoms with Crippen LogP contribution in [0.3, 0.4) is 0 Å². The molecule has 31 heavy (non-hydrogen) atoms. The number of methoxy groups -OCH3 is 1. The van der Waals surface area contributed by atoms with E-state index in [1.807, 2.05) is 40.1 Å². The lowest BCUT2D eigenvalue weighted by Gasteiger charge is -2.09. The zero-order valence-corrected chi connectivity index (χ0v) is 19.3. The molecule has 3 aromatic rings. The van der Waals surface area contributed by atoms with Gasteiger partial charge in [-0.15, -0.1) is 11.3 Å². The Hall–Kier alpha value is -3.18. The largest absolute Gasteiger partial charge is 0.504 e. The third-order valence-corrected chi connectivity index (χ3v) is 5.65. The molecule has 0 aliphatic carbocycles. The summed E-state index contributed by atoms with van der Waals surface area (Å²) in [5.41, 5.74) is 3.53. The first-order chi connectivity index (χ1) is 15.0. The first-order valence-electron chi connectivity index (χ1n) is 8.99. The Kier molecular flexibility index (Phi) is 7.79. The SMILES string of the molecule is COc1cc(C=NNC(=O)C(=Cc2cccs2)NC(=O)c2ccccc2)cc(I)c1O. The Morgan fingerprint density at radius 2 is 1.94 bits per heavy atom. The highest BCUT2D eigenvalue weighted by Crippen LogP contribution is 2.31. The average molecular weight is 547 g/mol. The first kappa shape index (κ1) is 22.5. The molecule has 0 aliphatic rings. The van der Waals surface area contributed by atoms with Crippen LogP contribution in [0, 0.1) is 3.57 Å². The molecule has 3 rings (SSSR count). The standard InChI is InChI=1S/C22H18IN3O4S/c1-30-19-11-14(10-17(23)20(19)27)13-24-26-22(29)18(12-16-8-5-9-31-16)25-21(28)15-6-3-2-4-7-15/h2-13,27H,1H3,(H,25,28)(H,26,29). The minimum atomic E-state index is -0.575. The number of hydrogen-bond acceptors (Lipinski definition) is 6. The van der Waals surface area contributed by atoms with Crippen LogP contribution >= 0.6 is 33.9 Å². The monoisotopic (exact) mass is 547 g/mol. The molecule has 0 saturated heterocycles. The maximum Gasteiger partial charge on any atom is 0.287 e. The minimum Gasteiger partial charge on any atom is -0.504 e. The van der Waals surface area contributed by atoms with Gasteiger partial charge in [0.15, 0.2) is 11.5 Å². The van der Waals surface area contributed by atoms with Gasteiger partial charge in [0.1, 0.15) is 5.70 Å². The highest BCUT2D eigenvalue weighted by atomic mass is 127. The maximum atomic E-state index is 12.7. The van der Waals surface area contributed by atoms with Crippen molar-refractivity contribution in [3.63, 3.8) is 0 Å². The van der Waals surface area contributed by atoms with Gasteiger partial charge in [-0.25, -0.2) is 5.43 Å². The fourth-order valence-electron chi connectivity index (χ4n) is 2.51. The normalized spacial score (nSPS) is 11.4. The number of carbonyl (C=O) groups excluding carboxylic acids is 2. The Bertz CT molecular complexity index is 1130. The Morgan fingerprint density at radius 3 is 2.61 bits per heavy atom. The molecule has 9 heteroatoms. The molecule has 2 amide bonds. The van der Waals surface area contributed by atoms with Crippen molar-refractivity contribution >= 4 is 58.0 Å². The third-order valence-electron chi connectivity index (χ3n) is 4.01. The Morgan fingerprint density at radius 1 is 1.16 bits per heavy atom. The molecule has 158 valence electrons. The summed E-state index contributed by atoms with van der Waals surface area (Å²) in [7, 11) is 1.45. The van der Waals surface area contributed by atoms with Crippen molar-refractivity contribution in [1.29, 1.82) is 0 Å². The van der Waals surface area contributed by atoms with Crippen LogP contribution in [0.4, 0.5) is 0 Å². The number of rotatable bonds is 7. The molecule has 7 nitrogen and oxygen atoms in total. The number of halogens is 1. The maximum absolute atomic E-state index is 12.7. The summed E-state index contributed by atoms with van der Waals surface area (Å²) in [6, 6.07) is 15.6. The summed E-state index contributed by atoms with van der Waals surface area (Å²) in [5, 5.41) is 18.4. The molecule has 0 saturated carbocycles. The predicted octanol–water partition coefficient (Wildman–Crippen LogP) is 3.99. The fourth-order valence-corrected chi connectivity index (χ4v) is 3.79. The van der Waals surface area contributed by atoms with Gasteiger partial charge in [-0.05, 0) is 69.9 Å². The van der Waals surface area contributed by atoms with E-state index in [0.717, 1.165) is 4.88 Å². The molecule has 0 fully saturated rings. The topological polar surface area (TPSA) is 100 Å². The highest BCUT2D eigenvalue weighted by Gasteiger charge is 2.14. The number of carbonyl (C=O) groups is 2. The second-order valence-electron chi connectivity index (χ2n) is 6.15. The molecule has 0 unspecified atom stereocenters. The van der Waals surface area contributed by atoms with Crippen molar-refractivity contribution in [3.05, 3.63) is 85.2 Å². The van der Waals surface area contributed by atoms with Gasteiger partial charge in [-0.2, -0.15) is 5.10 Å². The van der Waals surface area contributed by atoms with Crippen LogP contribution in [0.1, 0.15) is 20.8 Å². The summed E-state index contributed by atoms with van der Waals surface area (Å²) < 4.78 is 5.70. The molecule has 1 aromatic heterocycles. The molecule has 0 aliphatic heterocycles. The van der Waals surface area contributed by atoms with Gasteiger partial charge in [-0.3, -0.25) is 9.59 Å². The number of nitrogens with one attached hydrogen (secondary N) is 2. The number of amides is 2. The second kappa shape index (κ2) is 10.7. The van der Waals surface area contributed by atoms with E-state index in [1.54, 1.807) is 48.5 Å². The van der Waals surface area contributed by atoms with Crippen LogP contribution in [-0.2, 0) is 4.79 Å². The number of ether oxygens (including phenoxy) is 1. The second-order valence-corrected chi connectivity index (χ2v) is 8.29. The molecule has 2 aromatic carbocycles. The number of hydrogen-bond donors (Lipinski definition) is 3. The molecular weight excluding hydrogens is 529 g/mol. The Labute approximate surface area is 196 Å². The van der Waals surface area contributed by atoms with Crippen LogP contribution in [0.2, 0.25) is 0 Å². The average Bonchev–Trinajstić information content (AvgIpc) is 3.29. The smallest absolute Gasteiger partial charge is 0.287 e. The molecule has 3 N–H and O–H groups in total. The number of thiophene rings is 1. The third kappa shape index (κ3) is 6.15. The molecule has 0 atom stereocenters. The van der Waals surface area contributed by atoms with Crippen molar-refractivity contribution in [2.75, 3.05) is 7.11 Å². The minimum absolute atomic E-state index is 0.0362. The van der Waals surface area contributed by atoms with Crippen molar-refractivity contribution in [3.8, 4) is 11.5 Å². The number of benzene rings is 2. The molecule has 0 radical (unpaired) electrons. The van der Waals surface area contributed by atoms with E-state index in [4.69, 9.17) is 4.74 Å². The van der Waals surface area contributed by atoms with E-state index < -0.39 is 11.8 Å². The van der Waals surface area contributed by atoms with E-state index >= 15 is 0 Å². The van der Waals surface area contributed by atoms with Crippen LogP contribution in [0.5, 0.6) is 11.5 Å². The number of aromatic hydroxyl groups is 1. The molecule has 0 bridgehead atoms. The van der Waals surface area contributed by atoms with Crippen molar-refractivity contribution in [2.24, 2.45) is 5.10 Å². The van der Waals surface area contributed by atoms with Gasteiger partial charge in [0.05, 0.1) is 16.9 Å². The van der Waals surface area contributed by atoms with E-state index in [-0.39, 0.29) is 11.4 Å². The van der Waals surface area contributed by atoms with E-state index in [2.05, 4.69) is 15.8 Å². The number of phenols is 1. The van der Waals surface area contributed by atoms with Gasteiger partial charge >= 0.3 is 0 Å². The summed E-state index contributed by atoms with van der Waals surface area (Å²) >= 11 is 3.41. The van der Waals surface area contributed by atoms with Crippen LogP contribution in [0.25, 0.3) is 6.08 Å². The van der Waals surface area contributed by atoms with E-state index in [0.29, 0.717) is 20.4 Å². The number of phenolic OH excluding ortho intramolecular Hbond substituents is 1. The summed E-state index contributed by atoms with van der Waals surface area (Å²) in [6.07, 6.45) is 3.01. The van der Waals surface area contributed by atoms with Crippen molar-refractivity contribution < 1.29 is 19.4 Å². The van der Waals surface area contributed by atoms with Gasteiger partial charge in [0.2, 0.25) is 0 Å². The molecule has 0 spiro atoms. The van der Waals surface area contributed by atoms with Crippen LogP contribution in [-0.4, -0.2) is 30.2 Å². The van der Waals surface area contributed by atoms with Gasteiger partial charge < -0.3 is 15.2 Å². The summed E-state index contributed by atoms with van der Waals surface area (Å²) in [5.74, 6) is -0.642. The first-order valence-corrected chi connectivity index (χ1v) is 10.9. The number of nitrogens with zero attached hydrogens (tertiary/aromatic N) is 1. The summed E-state index contributed by atoms with van der Waals surface area (Å²) in [6.45, 7) is 0. The number of hydrazone groups is 1. The van der Waals surface area contributed by atoms with Gasteiger partial charge in [0.25, 0.3) is 11.8 Å².